The Morgan fingerprint density at radius 1 is 0.960 bits per heavy atom. The topological polar surface area (TPSA) is 28.9 Å². The Balaban J connectivity index is 1.33. The van der Waals surface area contributed by atoms with Crippen LogP contribution < -0.4 is 4.74 Å². The van der Waals surface area contributed by atoms with Gasteiger partial charge in [-0.1, -0.05) is 30.3 Å². The molecule has 4 heteroatoms. The first kappa shape index (κ1) is 16.2. The predicted octanol–water partition coefficient (Wildman–Crippen LogP) is 4.11. The molecule has 1 fully saturated rings. The highest BCUT2D eigenvalue weighted by atomic mass is 16.5. The molecule has 25 heavy (non-hydrogen) atoms. The summed E-state index contributed by atoms with van der Waals surface area (Å²) < 4.78 is 11.5. The number of ether oxygens (including phenoxy) is 1. The van der Waals surface area contributed by atoms with Gasteiger partial charge in [-0.3, -0.25) is 9.80 Å². The van der Waals surface area contributed by atoms with Crippen LogP contribution in [0.4, 0.5) is 0 Å². The van der Waals surface area contributed by atoms with Crippen LogP contribution in [0.5, 0.6) is 5.75 Å². The summed E-state index contributed by atoms with van der Waals surface area (Å²) >= 11 is 0. The number of rotatable bonds is 6. The third-order valence-corrected chi connectivity index (χ3v) is 4.63. The van der Waals surface area contributed by atoms with Crippen molar-refractivity contribution in [2.45, 2.75) is 20.0 Å². The Bertz CT molecular complexity index is 792. The Labute approximate surface area is 148 Å². The molecule has 0 N–H and O–H groups in total. The van der Waals surface area contributed by atoms with Gasteiger partial charge in [-0.05, 0) is 36.8 Å². The molecule has 2 heterocycles. The van der Waals surface area contributed by atoms with Crippen molar-refractivity contribution >= 4 is 11.0 Å². The Morgan fingerprint density at radius 2 is 1.72 bits per heavy atom. The molecule has 4 rings (SSSR count). The maximum absolute atomic E-state index is 5.95. The molecule has 0 spiro atoms. The molecule has 1 aromatic heterocycles. The van der Waals surface area contributed by atoms with Crippen LogP contribution in [0.1, 0.15) is 18.2 Å². The van der Waals surface area contributed by atoms with Gasteiger partial charge in [-0.15, -0.1) is 0 Å². The minimum atomic E-state index is 0.711. The first-order valence-electron chi connectivity index (χ1n) is 8.94. The van der Waals surface area contributed by atoms with E-state index in [9.17, 15) is 0 Å². The van der Waals surface area contributed by atoms with Crippen molar-refractivity contribution in [1.29, 1.82) is 0 Å². The predicted molar refractivity (Wildman–Crippen MR) is 99.5 cm³/mol. The van der Waals surface area contributed by atoms with Crippen LogP contribution in [-0.4, -0.2) is 36.2 Å². The molecule has 0 atom stereocenters. The van der Waals surface area contributed by atoms with Gasteiger partial charge in [0.05, 0.1) is 19.8 Å². The Hall–Kier alpha value is -2.30. The summed E-state index contributed by atoms with van der Waals surface area (Å²) in [6, 6.07) is 18.8. The zero-order chi connectivity index (χ0) is 17.1. The fourth-order valence-electron chi connectivity index (χ4n) is 3.42. The van der Waals surface area contributed by atoms with Gasteiger partial charge in [0, 0.05) is 25.0 Å². The third-order valence-electron chi connectivity index (χ3n) is 4.63. The van der Waals surface area contributed by atoms with E-state index in [1.54, 1.807) is 0 Å². The summed E-state index contributed by atoms with van der Waals surface area (Å²) in [6.45, 7) is 7.71. The van der Waals surface area contributed by atoms with E-state index in [0.29, 0.717) is 6.61 Å². The van der Waals surface area contributed by atoms with Crippen molar-refractivity contribution in [3.8, 4) is 5.75 Å². The van der Waals surface area contributed by atoms with Gasteiger partial charge in [0.25, 0.3) is 0 Å². The van der Waals surface area contributed by atoms with Crippen molar-refractivity contribution in [3.05, 3.63) is 65.9 Å². The van der Waals surface area contributed by atoms with Crippen molar-refractivity contribution in [3.63, 3.8) is 0 Å². The zero-order valence-electron chi connectivity index (χ0n) is 14.6. The van der Waals surface area contributed by atoms with Gasteiger partial charge in [-0.25, -0.2) is 0 Å². The molecule has 2 aromatic carbocycles. The van der Waals surface area contributed by atoms with Crippen molar-refractivity contribution in [2.75, 3.05) is 26.4 Å². The standard InChI is InChI=1S/C21H24N2O2/c1-2-24-19-9-7-17(8-10-19)14-22-11-12-23(16-22)15-20-13-18-5-3-4-6-21(18)25-20/h3-10,13H,2,11-12,14-16H2,1H3. The molecule has 4 nitrogen and oxygen atoms in total. The van der Waals surface area contributed by atoms with Gasteiger partial charge in [0.1, 0.15) is 17.1 Å². The second-order valence-electron chi connectivity index (χ2n) is 6.57. The molecule has 0 bridgehead atoms. The molecule has 3 aromatic rings. The number of benzene rings is 2. The lowest BCUT2D eigenvalue weighted by Gasteiger charge is -2.17. The van der Waals surface area contributed by atoms with Crippen LogP contribution >= 0.6 is 0 Å². The highest BCUT2D eigenvalue weighted by molar-refractivity contribution is 5.77. The largest absolute Gasteiger partial charge is 0.494 e. The number of hydrogen-bond donors (Lipinski definition) is 0. The molecular weight excluding hydrogens is 312 g/mol. The molecule has 0 unspecified atom stereocenters. The van der Waals surface area contributed by atoms with Gasteiger partial charge >= 0.3 is 0 Å². The quantitative estimate of drug-likeness (QED) is 0.677. The number of furan rings is 1. The van der Waals surface area contributed by atoms with Crippen molar-refractivity contribution in [1.82, 2.24) is 9.80 Å². The highest BCUT2D eigenvalue weighted by Crippen LogP contribution is 2.22. The molecule has 1 aliphatic rings. The Morgan fingerprint density at radius 3 is 2.48 bits per heavy atom. The van der Waals surface area contributed by atoms with Crippen molar-refractivity contribution < 1.29 is 9.15 Å². The fourth-order valence-corrected chi connectivity index (χ4v) is 3.42. The molecule has 130 valence electrons. The van der Waals surface area contributed by atoms with Crippen LogP contribution in [0.3, 0.4) is 0 Å². The lowest BCUT2D eigenvalue weighted by atomic mass is 10.2. The van der Waals surface area contributed by atoms with Crippen molar-refractivity contribution in [2.24, 2.45) is 0 Å². The smallest absolute Gasteiger partial charge is 0.134 e. The van der Waals surface area contributed by atoms with E-state index in [1.165, 1.54) is 10.9 Å². The number of para-hydroxylation sites is 1. The minimum Gasteiger partial charge on any atom is -0.494 e. The van der Waals surface area contributed by atoms with Crippen LogP contribution in [0.15, 0.2) is 59.0 Å². The van der Waals surface area contributed by atoms with E-state index in [1.807, 2.05) is 19.1 Å². The molecule has 0 radical (unpaired) electrons. The molecular formula is C21H24N2O2. The third kappa shape index (κ3) is 3.86. The number of nitrogens with zero attached hydrogens (tertiary/aromatic N) is 2. The first-order valence-corrected chi connectivity index (χ1v) is 8.94. The summed E-state index contributed by atoms with van der Waals surface area (Å²) in [5.74, 6) is 1.99. The summed E-state index contributed by atoms with van der Waals surface area (Å²) in [4.78, 5) is 4.91. The number of fused-ring (bicyclic) bond motifs is 1. The fraction of sp³-hybridized carbons (Fsp3) is 0.333. The van der Waals surface area contributed by atoms with E-state index in [4.69, 9.17) is 9.15 Å². The van der Waals surface area contributed by atoms with E-state index in [0.717, 1.165) is 49.9 Å². The van der Waals surface area contributed by atoms with Crippen LogP contribution in [0.2, 0.25) is 0 Å². The maximum atomic E-state index is 5.95. The number of hydrogen-bond acceptors (Lipinski definition) is 4. The summed E-state index contributed by atoms with van der Waals surface area (Å²) in [5, 5.41) is 1.18. The van der Waals surface area contributed by atoms with E-state index < -0.39 is 0 Å². The van der Waals surface area contributed by atoms with Crippen LogP contribution in [0.25, 0.3) is 11.0 Å². The van der Waals surface area contributed by atoms with Gasteiger partial charge in [0.2, 0.25) is 0 Å². The lowest BCUT2D eigenvalue weighted by molar-refractivity contribution is 0.224. The SMILES string of the molecule is CCOc1ccc(CN2CCN(Cc3cc4ccccc4o3)C2)cc1. The van der Waals surface area contributed by atoms with E-state index >= 15 is 0 Å². The van der Waals surface area contributed by atoms with Gasteiger partial charge < -0.3 is 9.15 Å². The van der Waals surface area contributed by atoms with Crippen LogP contribution in [-0.2, 0) is 13.1 Å². The van der Waals surface area contributed by atoms with E-state index in [2.05, 4.69) is 52.3 Å². The Kier molecular flexibility index (Phi) is 4.72. The van der Waals surface area contributed by atoms with E-state index in [-0.39, 0.29) is 0 Å². The minimum absolute atomic E-state index is 0.711. The van der Waals surface area contributed by atoms with Gasteiger partial charge in [0.15, 0.2) is 0 Å². The second kappa shape index (κ2) is 7.30. The monoisotopic (exact) mass is 336 g/mol. The molecule has 1 aliphatic heterocycles. The molecule has 0 aliphatic carbocycles. The first-order chi connectivity index (χ1) is 12.3. The second-order valence-corrected chi connectivity index (χ2v) is 6.57. The highest BCUT2D eigenvalue weighted by Gasteiger charge is 2.21. The summed E-state index contributed by atoms with van der Waals surface area (Å²) in [7, 11) is 0. The molecule has 0 amide bonds. The average Bonchev–Trinajstić information content (AvgIpc) is 3.23. The normalized spacial score (nSPS) is 15.9. The van der Waals surface area contributed by atoms with Gasteiger partial charge in [-0.2, -0.15) is 0 Å². The maximum Gasteiger partial charge on any atom is 0.134 e. The lowest BCUT2D eigenvalue weighted by Crippen LogP contribution is -2.24. The average molecular weight is 336 g/mol. The summed E-state index contributed by atoms with van der Waals surface area (Å²) in [5.41, 5.74) is 2.30. The molecule has 0 saturated carbocycles. The summed E-state index contributed by atoms with van der Waals surface area (Å²) in [6.07, 6.45) is 0. The van der Waals surface area contributed by atoms with Crippen LogP contribution in [0, 0.1) is 0 Å². The zero-order valence-corrected chi connectivity index (χ0v) is 14.6. The molecule has 1 saturated heterocycles.